The van der Waals surface area contributed by atoms with Gasteiger partial charge in [-0.15, -0.1) is 0 Å². The molecule has 0 bridgehead atoms. The molecule has 33 heavy (non-hydrogen) atoms. The maximum Gasteiger partial charge on any atom is 0.129 e. The van der Waals surface area contributed by atoms with E-state index in [1.54, 1.807) is 0 Å². The fourth-order valence-corrected chi connectivity index (χ4v) is 4.45. The molecule has 1 aliphatic rings. The van der Waals surface area contributed by atoms with Crippen LogP contribution in [0.1, 0.15) is 119 Å². The largest absolute Gasteiger partial charge is 0.493 e. The van der Waals surface area contributed by atoms with Crippen LogP contribution in [0.3, 0.4) is 0 Å². The van der Waals surface area contributed by atoms with Crippen molar-refractivity contribution in [2.24, 2.45) is 0 Å². The third-order valence-electron chi connectivity index (χ3n) is 6.66. The second kappa shape index (κ2) is 19.0. The minimum Gasteiger partial charge on any atom is -0.493 e. The average molecular weight is 464 g/mol. The summed E-state index contributed by atoms with van der Waals surface area (Å²) < 4.78 is 6.24. The summed E-state index contributed by atoms with van der Waals surface area (Å²) in [7, 11) is 0. The van der Waals surface area contributed by atoms with Crippen LogP contribution in [0.15, 0.2) is 23.4 Å². The summed E-state index contributed by atoms with van der Waals surface area (Å²) in [6.07, 6.45) is 17.0. The molecule has 0 saturated heterocycles. The third kappa shape index (κ3) is 10.6. The molecule has 0 saturated carbocycles. The Bertz CT molecular complexity index is 519. The molecule has 0 aromatic carbocycles. The van der Waals surface area contributed by atoms with E-state index >= 15 is 0 Å². The monoisotopic (exact) mass is 463 g/mol. The first-order chi connectivity index (χ1) is 16.2. The molecular weight excluding hydrogens is 406 g/mol. The van der Waals surface area contributed by atoms with Gasteiger partial charge in [-0.25, -0.2) is 0 Å². The number of ether oxygens (including phenoxy) is 1. The topological polar surface area (TPSA) is 19.0 Å². The average Bonchev–Trinajstić information content (AvgIpc) is 2.84. The Kier molecular flexibility index (Phi) is 17.1. The summed E-state index contributed by atoms with van der Waals surface area (Å²) in [6.45, 7) is 21.4. The Morgan fingerprint density at radius 1 is 0.545 bits per heavy atom. The van der Waals surface area contributed by atoms with Crippen molar-refractivity contribution in [2.75, 3.05) is 45.9 Å². The van der Waals surface area contributed by atoms with E-state index in [2.05, 4.69) is 62.5 Å². The summed E-state index contributed by atoms with van der Waals surface area (Å²) in [6, 6.07) is 0. The molecule has 0 radical (unpaired) electrons. The summed E-state index contributed by atoms with van der Waals surface area (Å²) in [5.74, 6) is 0. The molecule has 1 heterocycles. The Labute approximate surface area is 207 Å². The second-order valence-electron chi connectivity index (χ2n) is 9.69. The van der Waals surface area contributed by atoms with E-state index in [9.17, 15) is 0 Å². The maximum atomic E-state index is 6.24. The van der Waals surface area contributed by atoms with Crippen molar-refractivity contribution < 1.29 is 4.74 Å². The van der Waals surface area contributed by atoms with Crippen molar-refractivity contribution in [3.63, 3.8) is 0 Å². The highest BCUT2D eigenvalue weighted by molar-refractivity contribution is 5.35. The van der Waals surface area contributed by atoms with Crippen LogP contribution in [-0.4, -0.2) is 60.6 Å². The van der Waals surface area contributed by atoms with Crippen molar-refractivity contribution in [1.82, 2.24) is 14.7 Å². The number of rotatable bonds is 21. The van der Waals surface area contributed by atoms with Gasteiger partial charge in [-0.05, 0) is 38.5 Å². The highest BCUT2D eigenvalue weighted by Crippen LogP contribution is 2.31. The SMILES string of the molecule is CCCCN(CCCC)C1=COCC(N(CCCC)CCCC)=C1N(CCCC)CCCC. The first kappa shape index (κ1) is 29.7. The van der Waals surface area contributed by atoms with Gasteiger partial charge in [0.05, 0.1) is 17.1 Å². The number of hydrogen-bond acceptors (Lipinski definition) is 4. The Morgan fingerprint density at radius 2 is 0.909 bits per heavy atom. The van der Waals surface area contributed by atoms with Crippen LogP contribution < -0.4 is 0 Å². The molecule has 0 amide bonds. The van der Waals surface area contributed by atoms with Crippen LogP contribution in [-0.2, 0) is 4.74 Å². The van der Waals surface area contributed by atoms with Crippen LogP contribution in [0.5, 0.6) is 0 Å². The van der Waals surface area contributed by atoms with Gasteiger partial charge in [-0.1, -0.05) is 80.1 Å². The van der Waals surface area contributed by atoms with E-state index in [0.29, 0.717) is 0 Å². The predicted octanol–water partition coefficient (Wildman–Crippen LogP) is 7.78. The first-order valence-electron chi connectivity index (χ1n) is 14.5. The van der Waals surface area contributed by atoms with E-state index in [0.717, 1.165) is 45.9 Å². The van der Waals surface area contributed by atoms with Gasteiger partial charge in [-0.2, -0.15) is 0 Å². The van der Waals surface area contributed by atoms with Crippen molar-refractivity contribution in [3.8, 4) is 0 Å². The standard InChI is InChI=1S/C29H57N3O/c1-7-13-19-30(20-14-8-2)27-25-33-26-28(31(21-15-9-3)22-16-10-4)29(27)32(23-17-11-5)24-18-12-6/h25H,7-24,26H2,1-6H3. The highest BCUT2D eigenvalue weighted by Gasteiger charge is 2.29. The van der Waals surface area contributed by atoms with E-state index in [4.69, 9.17) is 4.74 Å². The number of nitrogens with zero attached hydrogens (tertiary/aromatic N) is 3. The lowest BCUT2D eigenvalue weighted by Crippen LogP contribution is -2.41. The van der Waals surface area contributed by atoms with Crippen LogP contribution in [0.2, 0.25) is 0 Å². The lowest BCUT2D eigenvalue weighted by Gasteiger charge is -2.41. The predicted molar refractivity (Wildman–Crippen MR) is 145 cm³/mol. The van der Waals surface area contributed by atoms with Crippen molar-refractivity contribution >= 4 is 0 Å². The van der Waals surface area contributed by atoms with E-state index in [1.165, 1.54) is 94.1 Å². The zero-order chi connectivity index (χ0) is 24.3. The molecule has 0 atom stereocenters. The van der Waals surface area contributed by atoms with Crippen LogP contribution in [0.4, 0.5) is 0 Å². The van der Waals surface area contributed by atoms with Crippen molar-refractivity contribution in [3.05, 3.63) is 23.4 Å². The van der Waals surface area contributed by atoms with Gasteiger partial charge < -0.3 is 19.4 Å². The molecule has 4 nitrogen and oxygen atoms in total. The fourth-order valence-electron chi connectivity index (χ4n) is 4.45. The van der Waals surface area contributed by atoms with Crippen molar-refractivity contribution in [2.45, 2.75) is 119 Å². The van der Waals surface area contributed by atoms with Gasteiger partial charge in [0.25, 0.3) is 0 Å². The molecule has 0 N–H and O–H groups in total. The van der Waals surface area contributed by atoms with Gasteiger partial charge in [0.15, 0.2) is 0 Å². The number of hydrogen-bond donors (Lipinski definition) is 0. The zero-order valence-electron chi connectivity index (χ0n) is 23.3. The smallest absolute Gasteiger partial charge is 0.129 e. The molecule has 0 aliphatic carbocycles. The van der Waals surface area contributed by atoms with Crippen LogP contribution in [0.25, 0.3) is 0 Å². The summed E-state index contributed by atoms with van der Waals surface area (Å²) in [4.78, 5) is 8.05. The summed E-state index contributed by atoms with van der Waals surface area (Å²) in [5, 5.41) is 0. The molecule has 1 rings (SSSR count). The van der Waals surface area contributed by atoms with Gasteiger partial charge in [0.2, 0.25) is 0 Å². The van der Waals surface area contributed by atoms with Gasteiger partial charge >= 0.3 is 0 Å². The third-order valence-corrected chi connectivity index (χ3v) is 6.66. The number of unbranched alkanes of at least 4 members (excludes halogenated alkanes) is 6. The minimum absolute atomic E-state index is 0.719. The Balaban J connectivity index is 3.48. The molecule has 0 spiro atoms. The van der Waals surface area contributed by atoms with Crippen molar-refractivity contribution in [1.29, 1.82) is 0 Å². The molecular formula is C29H57N3O. The van der Waals surface area contributed by atoms with Crippen LogP contribution in [0, 0.1) is 0 Å². The molecule has 1 aliphatic heterocycles. The maximum absolute atomic E-state index is 6.24. The summed E-state index contributed by atoms with van der Waals surface area (Å²) in [5.41, 5.74) is 4.28. The fraction of sp³-hybridized carbons (Fsp3) is 0.862. The summed E-state index contributed by atoms with van der Waals surface area (Å²) >= 11 is 0. The van der Waals surface area contributed by atoms with E-state index < -0.39 is 0 Å². The van der Waals surface area contributed by atoms with Gasteiger partial charge in [0, 0.05) is 39.3 Å². The van der Waals surface area contributed by atoms with E-state index in [1.807, 2.05) is 0 Å². The lowest BCUT2D eigenvalue weighted by molar-refractivity contribution is 0.173. The Hall–Kier alpha value is -1.32. The molecule has 0 aromatic rings. The molecule has 0 unspecified atom stereocenters. The minimum atomic E-state index is 0.719. The van der Waals surface area contributed by atoms with Crippen LogP contribution >= 0.6 is 0 Å². The molecule has 4 heteroatoms. The molecule has 0 aromatic heterocycles. The molecule has 0 fully saturated rings. The van der Waals surface area contributed by atoms with E-state index in [-0.39, 0.29) is 0 Å². The first-order valence-corrected chi connectivity index (χ1v) is 14.5. The quantitative estimate of drug-likeness (QED) is 0.173. The lowest BCUT2D eigenvalue weighted by atomic mass is 10.1. The normalized spacial score (nSPS) is 13.7. The second-order valence-corrected chi connectivity index (χ2v) is 9.69. The van der Waals surface area contributed by atoms with Gasteiger partial charge in [0.1, 0.15) is 12.9 Å². The van der Waals surface area contributed by atoms with Gasteiger partial charge in [-0.3, -0.25) is 0 Å². The highest BCUT2D eigenvalue weighted by atomic mass is 16.5. The zero-order valence-corrected chi connectivity index (χ0v) is 23.3. The Morgan fingerprint density at radius 3 is 1.30 bits per heavy atom. The molecule has 194 valence electrons.